The van der Waals surface area contributed by atoms with Crippen molar-refractivity contribution in [2.24, 2.45) is 0 Å². The molecule has 6 heteroatoms. The fraction of sp³-hybridized carbons (Fsp3) is 0.909. The minimum Gasteiger partial charge on any atom is -0.459 e. The topological polar surface area (TPSA) is 63.2 Å². The van der Waals surface area contributed by atoms with Gasteiger partial charge in [-0.15, -0.1) is 0 Å². The summed E-state index contributed by atoms with van der Waals surface area (Å²) in [6.45, 7) is 5.86. The maximum Gasteiger partial charge on any atom is 0.302 e. The SMILES string of the molecule is CCOC1(C)O[C@H]2OCC[C@H](OC(C)=O)[C@H]2O1. The summed E-state index contributed by atoms with van der Waals surface area (Å²) in [7, 11) is 0. The van der Waals surface area contributed by atoms with E-state index in [1.807, 2.05) is 6.92 Å². The molecular weight excluding hydrogens is 228 g/mol. The summed E-state index contributed by atoms with van der Waals surface area (Å²) >= 11 is 0. The number of carbonyl (C=O) groups excluding carboxylic acids is 1. The molecule has 2 saturated heterocycles. The number of fused-ring (bicyclic) bond motifs is 1. The molecule has 0 N–H and O–H groups in total. The van der Waals surface area contributed by atoms with Gasteiger partial charge in [-0.05, 0) is 6.92 Å². The summed E-state index contributed by atoms with van der Waals surface area (Å²) in [5, 5.41) is 0. The Morgan fingerprint density at radius 1 is 1.47 bits per heavy atom. The third-order valence-electron chi connectivity index (χ3n) is 2.72. The van der Waals surface area contributed by atoms with Gasteiger partial charge >= 0.3 is 5.97 Å². The van der Waals surface area contributed by atoms with Gasteiger partial charge in [-0.25, -0.2) is 0 Å². The van der Waals surface area contributed by atoms with Gasteiger partial charge in [0.15, 0.2) is 12.4 Å². The van der Waals surface area contributed by atoms with Crippen LogP contribution in [0.5, 0.6) is 0 Å². The minimum absolute atomic E-state index is 0.329. The molecule has 0 amide bonds. The predicted octanol–water partition coefficient (Wildman–Crippen LogP) is 0.790. The maximum absolute atomic E-state index is 11.0. The van der Waals surface area contributed by atoms with Crippen LogP contribution in [0.15, 0.2) is 0 Å². The van der Waals surface area contributed by atoms with Crippen molar-refractivity contribution in [1.29, 1.82) is 0 Å². The first-order valence-corrected chi connectivity index (χ1v) is 5.82. The average Bonchev–Trinajstić information content (AvgIpc) is 2.55. The summed E-state index contributed by atoms with van der Waals surface area (Å²) in [6.07, 6.45) is -0.700. The lowest BCUT2D eigenvalue weighted by atomic mass is 10.1. The van der Waals surface area contributed by atoms with Crippen LogP contribution >= 0.6 is 0 Å². The molecule has 2 aliphatic heterocycles. The molecule has 0 aromatic carbocycles. The number of esters is 1. The zero-order valence-electron chi connectivity index (χ0n) is 10.3. The van der Waals surface area contributed by atoms with E-state index in [0.29, 0.717) is 19.6 Å². The number of hydrogen-bond acceptors (Lipinski definition) is 6. The molecular formula is C11H18O6. The molecule has 0 aliphatic carbocycles. The summed E-state index contributed by atoms with van der Waals surface area (Å²) < 4.78 is 27.2. The monoisotopic (exact) mass is 246 g/mol. The van der Waals surface area contributed by atoms with Crippen molar-refractivity contribution in [2.45, 2.75) is 51.7 Å². The van der Waals surface area contributed by atoms with Crippen LogP contribution < -0.4 is 0 Å². The zero-order valence-corrected chi connectivity index (χ0v) is 10.3. The largest absolute Gasteiger partial charge is 0.459 e. The Morgan fingerprint density at radius 3 is 2.88 bits per heavy atom. The standard InChI is InChI=1S/C11H18O6/c1-4-14-11(3)16-9-8(15-7(2)12)5-6-13-10(9)17-11/h8-10H,4-6H2,1-3H3/t8-,9+,10+,11?/m0/s1. The lowest BCUT2D eigenvalue weighted by Crippen LogP contribution is -2.44. The molecule has 0 bridgehead atoms. The number of rotatable bonds is 3. The van der Waals surface area contributed by atoms with Crippen molar-refractivity contribution >= 4 is 5.97 Å². The number of ether oxygens (including phenoxy) is 5. The van der Waals surface area contributed by atoms with E-state index in [9.17, 15) is 4.79 Å². The first-order chi connectivity index (χ1) is 8.04. The van der Waals surface area contributed by atoms with Gasteiger partial charge in [-0.1, -0.05) is 0 Å². The maximum atomic E-state index is 11.0. The average molecular weight is 246 g/mol. The second-order valence-corrected chi connectivity index (χ2v) is 4.17. The molecule has 0 aromatic rings. The van der Waals surface area contributed by atoms with Crippen LogP contribution in [0.1, 0.15) is 27.2 Å². The van der Waals surface area contributed by atoms with Crippen molar-refractivity contribution in [2.75, 3.05) is 13.2 Å². The second-order valence-electron chi connectivity index (χ2n) is 4.17. The highest BCUT2D eigenvalue weighted by molar-refractivity contribution is 5.66. The summed E-state index contributed by atoms with van der Waals surface area (Å²) in [4.78, 5) is 11.0. The van der Waals surface area contributed by atoms with Gasteiger partial charge in [0.25, 0.3) is 5.97 Å². The number of hydrogen-bond donors (Lipinski definition) is 0. The molecule has 0 radical (unpaired) electrons. The van der Waals surface area contributed by atoms with Crippen LogP contribution in [0.2, 0.25) is 0 Å². The van der Waals surface area contributed by atoms with Gasteiger partial charge in [0.1, 0.15) is 6.10 Å². The Bertz CT molecular complexity index is 294. The summed E-state index contributed by atoms with van der Waals surface area (Å²) in [5.74, 6) is -1.45. The van der Waals surface area contributed by atoms with E-state index in [1.165, 1.54) is 6.92 Å². The fourth-order valence-electron chi connectivity index (χ4n) is 2.12. The molecule has 2 rings (SSSR count). The molecule has 17 heavy (non-hydrogen) atoms. The van der Waals surface area contributed by atoms with Gasteiger partial charge < -0.3 is 18.9 Å². The van der Waals surface area contributed by atoms with Crippen LogP contribution in [0.4, 0.5) is 0 Å². The molecule has 0 aromatic heterocycles. The van der Waals surface area contributed by atoms with E-state index in [0.717, 1.165) is 0 Å². The van der Waals surface area contributed by atoms with Crippen molar-refractivity contribution < 1.29 is 28.5 Å². The van der Waals surface area contributed by atoms with Gasteiger partial charge in [-0.2, -0.15) is 0 Å². The van der Waals surface area contributed by atoms with E-state index in [1.54, 1.807) is 6.92 Å². The van der Waals surface area contributed by atoms with Crippen molar-refractivity contribution in [3.63, 3.8) is 0 Å². The van der Waals surface area contributed by atoms with Crippen LogP contribution in [0.3, 0.4) is 0 Å². The lowest BCUT2D eigenvalue weighted by Gasteiger charge is -2.30. The third-order valence-corrected chi connectivity index (χ3v) is 2.72. The van der Waals surface area contributed by atoms with Crippen LogP contribution in [0.25, 0.3) is 0 Å². The fourth-order valence-corrected chi connectivity index (χ4v) is 2.12. The van der Waals surface area contributed by atoms with E-state index in [4.69, 9.17) is 23.7 Å². The van der Waals surface area contributed by atoms with E-state index in [-0.39, 0.29) is 12.1 Å². The summed E-state index contributed by atoms with van der Waals surface area (Å²) in [6, 6.07) is 0. The van der Waals surface area contributed by atoms with Gasteiger partial charge in [-0.3, -0.25) is 9.53 Å². The Labute approximate surface area is 100 Å². The van der Waals surface area contributed by atoms with Crippen molar-refractivity contribution in [3.05, 3.63) is 0 Å². The van der Waals surface area contributed by atoms with Gasteiger partial charge in [0, 0.05) is 26.9 Å². The van der Waals surface area contributed by atoms with E-state index >= 15 is 0 Å². The summed E-state index contributed by atoms with van der Waals surface area (Å²) in [5.41, 5.74) is 0. The number of carbonyl (C=O) groups is 1. The molecule has 2 aliphatic rings. The molecule has 2 heterocycles. The van der Waals surface area contributed by atoms with E-state index < -0.39 is 18.4 Å². The highest BCUT2D eigenvalue weighted by Crippen LogP contribution is 2.36. The van der Waals surface area contributed by atoms with Crippen LogP contribution in [0, 0.1) is 0 Å². The molecule has 1 unspecified atom stereocenters. The Hall–Kier alpha value is -0.690. The Kier molecular flexibility index (Phi) is 3.67. The molecule has 0 saturated carbocycles. The minimum atomic E-state index is -1.12. The Morgan fingerprint density at radius 2 is 2.24 bits per heavy atom. The molecule has 4 atom stereocenters. The quantitative estimate of drug-likeness (QED) is 0.686. The Balaban J connectivity index is 2.03. The lowest BCUT2D eigenvalue weighted by molar-refractivity contribution is -0.340. The first kappa shape index (κ1) is 12.8. The third kappa shape index (κ3) is 2.77. The van der Waals surface area contributed by atoms with Crippen molar-refractivity contribution in [1.82, 2.24) is 0 Å². The normalized spacial score (nSPS) is 41.0. The molecule has 98 valence electrons. The molecule has 2 fully saturated rings. The van der Waals surface area contributed by atoms with Crippen LogP contribution in [-0.2, 0) is 28.5 Å². The molecule has 0 spiro atoms. The zero-order chi connectivity index (χ0) is 12.5. The van der Waals surface area contributed by atoms with E-state index in [2.05, 4.69) is 0 Å². The highest BCUT2D eigenvalue weighted by Gasteiger charge is 2.52. The van der Waals surface area contributed by atoms with Crippen molar-refractivity contribution in [3.8, 4) is 0 Å². The van der Waals surface area contributed by atoms with Crippen LogP contribution in [-0.4, -0.2) is 43.7 Å². The smallest absolute Gasteiger partial charge is 0.302 e. The second kappa shape index (κ2) is 4.89. The van der Waals surface area contributed by atoms with Gasteiger partial charge in [0.2, 0.25) is 0 Å². The van der Waals surface area contributed by atoms with Gasteiger partial charge in [0.05, 0.1) is 6.61 Å². The highest BCUT2D eigenvalue weighted by atomic mass is 16.9. The molecule has 6 nitrogen and oxygen atoms in total. The first-order valence-electron chi connectivity index (χ1n) is 5.82. The predicted molar refractivity (Wildman–Crippen MR) is 55.9 cm³/mol.